The van der Waals surface area contributed by atoms with E-state index in [1.54, 1.807) is 17.4 Å². The largest absolute Gasteiger partial charge is 0.507 e. The van der Waals surface area contributed by atoms with Crippen molar-refractivity contribution >= 4 is 22.2 Å². The quantitative estimate of drug-likeness (QED) is 0.693. The molecule has 0 radical (unpaired) electrons. The highest BCUT2D eigenvalue weighted by Gasteiger charge is 2.08. The van der Waals surface area contributed by atoms with Gasteiger partial charge in [-0.15, -0.1) is 11.3 Å². The molecule has 3 aromatic rings. The van der Waals surface area contributed by atoms with Gasteiger partial charge in [0.25, 0.3) is 0 Å². The van der Waals surface area contributed by atoms with Crippen LogP contribution in [0.5, 0.6) is 5.75 Å². The first kappa shape index (κ1) is 9.48. The number of aromatic amines is 1. The molecular weight excluding hydrogens is 218 g/mol. The number of phenols is 1. The van der Waals surface area contributed by atoms with Crippen LogP contribution >= 0.6 is 11.3 Å². The lowest BCUT2D eigenvalue weighted by Crippen LogP contribution is -1.82. The van der Waals surface area contributed by atoms with Crippen molar-refractivity contribution in [3.05, 3.63) is 52.3 Å². The number of rotatable bonds is 2. The van der Waals surface area contributed by atoms with Gasteiger partial charge in [0.15, 0.2) is 0 Å². The predicted octanol–water partition coefficient (Wildman–Crippen LogP) is 3.53. The number of aromatic nitrogens is 1. The van der Waals surface area contributed by atoms with Crippen molar-refractivity contribution in [2.75, 3.05) is 0 Å². The Labute approximate surface area is 97.2 Å². The van der Waals surface area contributed by atoms with Crippen LogP contribution in [0.3, 0.4) is 0 Å². The summed E-state index contributed by atoms with van der Waals surface area (Å²) in [4.78, 5) is 4.50. The standard InChI is InChI=1S/C13H11NOS/c15-12-5-1-4-11-13(12)9(8-14-11)7-10-3-2-6-16-10/h1-6,8,14-15H,7H2. The lowest BCUT2D eigenvalue weighted by molar-refractivity contribution is 0.481. The van der Waals surface area contributed by atoms with Crippen LogP contribution in [-0.2, 0) is 6.42 Å². The van der Waals surface area contributed by atoms with E-state index < -0.39 is 0 Å². The average molecular weight is 229 g/mol. The molecule has 1 aromatic carbocycles. The van der Waals surface area contributed by atoms with Crippen LogP contribution in [0.15, 0.2) is 41.9 Å². The Morgan fingerprint density at radius 1 is 1.19 bits per heavy atom. The summed E-state index contributed by atoms with van der Waals surface area (Å²) in [6, 6.07) is 9.72. The number of benzene rings is 1. The lowest BCUT2D eigenvalue weighted by Gasteiger charge is -1.99. The minimum Gasteiger partial charge on any atom is -0.507 e. The molecule has 0 fully saturated rings. The van der Waals surface area contributed by atoms with Gasteiger partial charge in [-0.1, -0.05) is 12.1 Å². The van der Waals surface area contributed by atoms with Gasteiger partial charge in [-0.2, -0.15) is 0 Å². The summed E-state index contributed by atoms with van der Waals surface area (Å²) in [7, 11) is 0. The molecule has 0 saturated heterocycles. The predicted molar refractivity (Wildman–Crippen MR) is 67.1 cm³/mol. The highest BCUT2D eigenvalue weighted by molar-refractivity contribution is 7.09. The number of aromatic hydroxyl groups is 1. The Morgan fingerprint density at radius 3 is 2.94 bits per heavy atom. The Hall–Kier alpha value is -1.74. The van der Waals surface area contributed by atoms with Gasteiger partial charge < -0.3 is 10.1 Å². The van der Waals surface area contributed by atoms with Gasteiger partial charge >= 0.3 is 0 Å². The summed E-state index contributed by atoms with van der Waals surface area (Å²) in [6.45, 7) is 0. The SMILES string of the molecule is Oc1cccc2[nH]cc(Cc3cccs3)c12. The second-order valence-electron chi connectivity index (χ2n) is 3.77. The van der Waals surface area contributed by atoms with Crippen molar-refractivity contribution in [3.63, 3.8) is 0 Å². The molecule has 0 unspecified atom stereocenters. The van der Waals surface area contributed by atoms with Crippen LogP contribution in [0, 0.1) is 0 Å². The zero-order valence-electron chi connectivity index (χ0n) is 8.60. The molecular formula is C13H11NOS. The molecule has 2 N–H and O–H groups in total. The Balaban J connectivity index is 2.10. The lowest BCUT2D eigenvalue weighted by atomic mass is 10.1. The number of H-pyrrole nitrogens is 1. The Morgan fingerprint density at radius 2 is 2.12 bits per heavy atom. The Kier molecular flexibility index (Phi) is 2.18. The van der Waals surface area contributed by atoms with Crippen molar-refractivity contribution in [3.8, 4) is 5.75 Å². The third-order valence-corrected chi connectivity index (χ3v) is 3.59. The molecule has 0 amide bonds. The summed E-state index contributed by atoms with van der Waals surface area (Å²) >= 11 is 1.74. The topological polar surface area (TPSA) is 36.0 Å². The van der Waals surface area contributed by atoms with E-state index in [1.807, 2.05) is 18.3 Å². The van der Waals surface area contributed by atoms with E-state index in [1.165, 1.54) is 4.88 Å². The maximum Gasteiger partial charge on any atom is 0.125 e. The van der Waals surface area contributed by atoms with Crippen molar-refractivity contribution in [1.29, 1.82) is 0 Å². The molecule has 0 aliphatic carbocycles. The summed E-state index contributed by atoms with van der Waals surface area (Å²) in [5, 5.41) is 12.9. The van der Waals surface area contributed by atoms with Crippen molar-refractivity contribution < 1.29 is 5.11 Å². The van der Waals surface area contributed by atoms with Crippen LogP contribution in [0.2, 0.25) is 0 Å². The number of nitrogens with one attached hydrogen (secondary N) is 1. The molecule has 16 heavy (non-hydrogen) atoms. The van der Waals surface area contributed by atoms with Crippen LogP contribution in [0.25, 0.3) is 10.9 Å². The minimum atomic E-state index is 0.352. The van der Waals surface area contributed by atoms with E-state index in [0.29, 0.717) is 5.75 Å². The van der Waals surface area contributed by atoms with Gasteiger partial charge in [0.2, 0.25) is 0 Å². The molecule has 80 valence electrons. The van der Waals surface area contributed by atoms with Gasteiger partial charge in [0, 0.05) is 28.4 Å². The minimum absolute atomic E-state index is 0.352. The van der Waals surface area contributed by atoms with E-state index in [9.17, 15) is 5.11 Å². The molecule has 0 bridgehead atoms. The Bertz CT molecular complexity index is 610. The molecule has 0 aliphatic heterocycles. The fourth-order valence-electron chi connectivity index (χ4n) is 1.98. The van der Waals surface area contributed by atoms with E-state index in [-0.39, 0.29) is 0 Å². The van der Waals surface area contributed by atoms with Crippen LogP contribution in [0.1, 0.15) is 10.4 Å². The number of hydrogen-bond acceptors (Lipinski definition) is 2. The molecule has 2 nitrogen and oxygen atoms in total. The number of thiophene rings is 1. The first-order chi connectivity index (χ1) is 7.84. The van der Waals surface area contributed by atoms with Crippen LogP contribution in [-0.4, -0.2) is 10.1 Å². The molecule has 0 spiro atoms. The van der Waals surface area contributed by atoms with E-state index in [2.05, 4.69) is 22.5 Å². The third kappa shape index (κ3) is 1.49. The number of phenolic OH excluding ortho intramolecular Hbond substituents is 1. The maximum atomic E-state index is 9.85. The summed E-state index contributed by atoms with van der Waals surface area (Å²) < 4.78 is 0. The van der Waals surface area contributed by atoms with Crippen molar-refractivity contribution in [2.24, 2.45) is 0 Å². The van der Waals surface area contributed by atoms with Gasteiger partial charge in [-0.3, -0.25) is 0 Å². The third-order valence-electron chi connectivity index (χ3n) is 2.71. The second-order valence-corrected chi connectivity index (χ2v) is 4.80. The fourth-order valence-corrected chi connectivity index (χ4v) is 2.70. The smallest absolute Gasteiger partial charge is 0.125 e. The van der Waals surface area contributed by atoms with Crippen LogP contribution < -0.4 is 0 Å². The van der Waals surface area contributed by atoms with E-state index in [0.717, 1.165) is 22.9 Å². The molecule has 2 heterocycles. The summed E-state index contributed by atoms with van der Waals surface area (Å²) in [5.41, 5.74) is 2.14. The summed E-state index contributed by atoms with van der Waals surface area (Å²) in [6.07, 6.45) is 2.85. The fraction of sp³-hybridized carbons (Fsp3) is 0.0769. The highest BCUT2D eigenvalue weighted by atomic mass is 32.1. The van der Waals surface area contributed by atoms with Crippen molar-refractivity contribution in [1.82, 2.24) is 4.98 Å². The number of hydrogen-bond donors (Lipinski definition) is 2. The molecule has 0 aliphatic rings. The van der Waals surface area contributed by atoms with Gasteiger partial charge in [-0.05, 0) is 29.1 Å². The molecule has 3 rings (SSSR count). The highest BCUT2D eigenvalue weighted by Crippen LogP contribution is 2.29. The number of fused-ring (bicyclic) bond motifs is 1. The monoisotopic (exact) mass is 229 g/mol. The second kappa shape index (κ2) is 3.68. The summed E-state index contributed by atoms with van der Waals surface area (Å²) in [5.74, 6) is 0.352. The van der Waals surface area contributed by atoms with Gasteiger partial charge in [0.1, 0.15) is 5.75 Å². The van der Waals surface area contributed by atoms with Crippen molar-refractivity contribution in [2.45, 2.75) is 6.42 Å². The molecule has 0 saturated carbocycles. The van der Waals surface area contributed by atoms with E-state index in [4.69, 9.17) is 0 Å². The zero-order valence-corrected chi connectivity index (χ0v) is 9.42. The van der Waals surface area contributed by atoms with Gasteiger partial charge in [0.05, 0.1) is 0 Å². The zero-order chi connectivity index (χ0) is 11.0. The van der Waals surface area contributed by atoms with Gasteiger partial charge in [-0.25, -0.2) is 0 Å². The maximum absolute atomic E-state index is 9.85. The molecule has 3 heteroatoms. The van der Waals surface area contributed by atoms with E-state index >= 15 is 0 Å². The average Bonchev–Trinajstić information content (AvgIpc) is 2.90. The molecule has 2 aromatic heterocycles. The first-order valence-electron chi connectivity index (χ1n) is 5.15. The molecule has 0 atom stereocenters. The normalized spacial score (nSPS) is 11.0. The van der Waals surface area contributed by atoms with Crippen LogP contribution in [0.4, 0.5) is 0 Å². The first-order valence-corrected chi connectivity index (χ1v) is 6.03.